The van der Waals surface area contributed by atoms with Crippen molar-refractivity contribution in [2.24, 2.45) is 0 Å². The predicted octanol–water partition coefficient (Wildman–Crippen LogP) is 6.90. The number of rotatable bonds is 8. The molecule has 10 heteroatoms. The fraction of sp³-hybridized carbons (Fsp3) is 0.103. The van der Waals surface area contributed by atoms with E-state index in [1.807, 2.05) is 42.5 Å². The maximum Gasteiger partial charge on any atom is 0.339 e. The number of hydrogen-bond acceptors (Lipinski definition) is 7. The van der Waals surface area contributed by atoms with Crippen molar-refractivity contribution in [3.8, 4) is 11.5 Å². The minimum absolute atomic E-state index is 0.00615. The Morgan fingerprint density at radius 1 is 0.897 bits per heavy atom. The first-order chi connectivity index (χ1) is 18.7. The van der Waals surface area contributed by atoms with Crippen LogP contribution in [0.3, 0.4) is 0 Å². The van der Waals surface area contributed by atoms with Crippen molar-refractivity contribution in [3.63, 3.8) is 0 Å². The van der Waals surface area contributed by atoms with Crippen LogP contribution in [-0.4, -0.2) is 31.1 Å². The zero-order valence-corrected chi connectivity index (χ0v) is 23.1. The van der Waals surface area contributed by atoms with Crippen molar-refractivity contribution in [3.05, 3.63) is 106 Å². The van der Waals surface area contributed by atoms with E-state index >= 15 is 0 Å². The standard InChI is InChI=1S/C29H22ClNO6S2/c1-2-36-26-16-19(8-14-25(26)37-39(34,35)24-12-10-23(30)11-13-24)17-27-28(32)31(29(33)38-27)18-20-7-9-21-5-3-4-6-22(21)15-20/h3-17H,2,18H2,1H3/b27-17-. The lowest BCUT2D eigenvalue weighted by Gasteiger charge is -2.13. The van der Waals surface area contributed by atoms with E-state index in [4.69, 9.17) is 20.5 Å². The maximum absolute atomic E-state index is 13.1. The quantitative estimate of drug-likeness (QED) is 0.166. The molecule has 1 aliphatic heterocycles. The Morgan fingerprint density at radius 2 is 1.64 bits per heavy atom. The molecule has 2 amide bonds. The van der Waals surface area contributed by atoms with Crippen LogP contribution in [-0.2, 0) is 21.5 Å². The minimum atomic E-state index is -4.14. The lowest BCUT2D eigenvalue weighted by atomic mass is 10.1. The summed E-state index contributed by atoms with van der Waals surface area (Å²) in [6, 6.07) is 23.9. The molecule has 0 saturated carbocycles. The lowest BCUT2D eigenvalue weighted by Crippen LogP contribution is -2.27. The van der Waals surface area contributed by atoms with E-state index in [-0.39, 0.29) is 39.7 Å². The highest BCUT2D eigenvalue weighted by Gasteiger charge is 2.35. The molecular formula is C29H22ClNO6S2. The van der Waals surface area contributed by atoms with E-state index in [1.54, 1.807) is 25.1 Å². The van der Waals surface area contributed by atoms with Gasteiger partial charge in [-0.2, -0.15) is 8.42 Å². The number of halogens is 1. The summed E-state index contributed by atoms with van der Waals surface area (Å²) in [7, 11) is -4.14. The molecule has 1 aliphatic rings. The summed E-state index contributed by atoms with van der Waals surface area (Å²) in [4.78, 5) is 27.2. The van der Waals surface area contributed by atoms with Crippen LogP contribution in [0, 0.1) is 0 Å². The number of fused-ring (bicyclic) bond motifs is 1. The largest absolute Gasteiger partial charge is 0.490 e. The number of imide groups is 1. The number of thioether (sulfide) groups is 1. The minimum Gasteiger partial charge on any atom is -0.490 e. The molecule has 1 saturated heterocycles. The lowest BCUT2D eigenvalue weighted by molar-refractivity contribution is -0.123. The number of carbonyl (C=O) groups is 2. The third-order valence-corrected chi connectivity index (χ3v) is 8.30. The zero-order valence-electron chi connectivity index (χ0n) is 20.7. The molecule has 0 atom stereocenters. The first-order valence-corrected chi connectivity index (χ1v) is 14.5. The van der Waals surface area contributed by atoms with Crippen LogP contribution in [0.5, 0.6) is 11.5 Å². The van der Waals surface area contributed by atoms with E-state index in [9.17, 15) is 18.0 Å². The van der Waals surface area contributed by atoms with Gasteiger partial charge in [-0.25, -0.2) is 0 Å². The van der Waals surface area contributed by atoms with E-state index in [0.717, 1.165) is 28.1 Å². The Kier molecular flexibility index (Phi) is 7.65. The molecule has 0 aliphatic carbocycles. The summed E-state index contributed by atoms with van der Waals surface area (Å²) >= 11 is 6.71. The second-order valence-electron chi connectivity index (χ2n) is 8.58. The monoisotopic (exact) mass is 579 g/mol. The second-order valence-corrected chi connectivity index (χ2v) is 11.6. The fourth-order valence-electron chi connectivity index (χ4n) is 4.03. The van der Waals surface area contributed by atoms with E-state index in [1.165, 1.54) is 35.2 Å². The summed E-state index contributed by atoms with van der Waals surface area (Å²) in [6.07, 6.45) is 1.57. The molecule has 1 heterocycles. The Labute approximate surface area is 235 Å². The topological polar surface area (TPSA) is 90.0 Å². The third-order valence-electron chi connectivity index (χ3n) is 5.90. The maximum atomic E-state index is 13.1. The fourth-order valence-corrected chi connectivity index (χ4v) is 5.93. The Morgan fingerprint density at radius 3 is 2.38 bits per heavy atom. The Balaban J connectivity index is 1.37. The molecule has 39 heavy (non-hydrogen) atoms. The van der Waals surface area contributed by atoms with Gasteiger partial charge in [0, 0.05) is 5.02 Å². The number of benzene rings is 4. The summed E-state index contributed by atoms with van der Waals surface area (Å²) in [5.74, 6) is -0.227. The number of nitrogens with zero attached hydrogens (tertiary/aromatic N) is 1. The van der Waals surface area contributed by atoms with Crippen molar-refractivity contribution in [1.82, 2.24) is 4.90 Å². The van der Waals surface area contributed by atoms with Gasteiger partial charge in [0.05, 0.1) is 18.1 Å². The highest BCUT2D eigenvalue weighted by atomic mass is 35.5. The van der Waals surface area contributed by atoms with Gasteiger partial charge in [-0.1, -0.05) is 54.1 Å². The summed E-state index contributed by atoms with van der Waals surface area (Å²) in [6.45, 7) is 2.16. The highest BCUT2D eigenvalue weighted by Crippen LogP contribution is 2.36. The zero-order chi connectivity index (χ0) is 27.6. The smallest absolute Gasteiger partial charge is 0.339 e. The normalized spacial score (nSPS) is 14.8. The molecule has 0 aromatic heterocycles. The molecule has 198 valence electrons. The summed E-state index contributed by atoms with van der Waals surface area (Å²) in [5, 5.41) is 2.14. The summed E-state index contributed by atoms with van der Waals surface area (Å²) in [5.41, 5.74) is 1.39. The average molecular weight is 580 g/mol. The molecule has 0 bridgehead atoms. The van der Waals surface area contributed by atoms with Gasteiger partial charge in [0.1, 0.15) is 4.90 Å². The molecule has 1 fully saturated rings. The van der Waals surface area contributed by atoms with Gasteiger partial charge < -0.3 is 8.92 Å². The van der Waals surface area contributed by atoms with Crippen molar-refractivity contribution in [2.45, 2.75) is 18.4 Å². The third kappa shape index (κ3) is 5.95. The van der Waals surface area contributed by atoms with Gasteiger partial charge in [-0.3, -0.25) is 14.5 Å². The predicted molar refractivity (Wildman–Crippen MR) is 152 cm³/mol. The Hall–Kier alpha value is -3.79. The van der Waals surface area contributed by atoms with E-state index in [0.29, 0.717) is 10.6 Å². The van der Waals surface area contributed by atoms with Gasteiger partial charge in [0.2, 0.25) is 0 Å². The van der Waals surface area contributed by atoms with E-state index < -0.39 is 16.0 Å². The molecule has 0 radical (unpaired) electrons. The van der Waals surface area contributed by atoms with Crippen molar-refractivity contribution in [1.29, 1.82) is 0 Å². The second kappa shape index (κ2) is 11.1. The molecule has 0 unspecified atom stereocenters. The van der Waals surface area contributed by atoms with Crippen LogP contribution < -0.4 is 8.92 Å². The van der Waals surface area contributed by atoms with Crippen LogP contribution in [0.4, 0.5) is 4.79 Å². The van der Waals surface area contributed by atoms with Gasteiger partial charge in [-0.05, 0) is 89.1 Å². The van der Waals surface area contributed by atoms with Gasteiger partial charge in [0.25, 0.3) is 11.1 Å². The molecule has 0 spiro atoms. The number of amides is 2. The van der Waals surface area contributed by atoms with Crippen LogP contribution >= 0.6 is 23.4 Å². The molecule has 0 N–H and O–H groups in total. The molecule has 4 aromatic rings. The van der Waals surface area contributed by atoms with E-state index in [2.05, 4.69) is 0 Å². The number of carbonyl (C=O) groups excluding carboxylic acids is 2. The SMILES string of the molecule is CCOc1cc(/C=C2\SC(=O)N(Cc3ccc4ccccc4c3)C2=O)ccc1OS(=O)(=O)c1ccc(Cl)cc1. The first-order valence-electron chi connectivity index (χ1n) is 11.9. The molecular weight excluding hydrogens is 558 g/mol. The van der Waals surface area contributed by atoms with Gasteiger partial charge in [0.15, 0.2) is 11.5 Å². The molecule has 5 rings (SSSR count). The van der Waals surface area contributed by atoms with Crippen LogP contribution in [0.1, 0.15) is 18.1 Å². The highest BCUT2D eigenvalue weighted by molar-refractivity contribution is 8.18. The Bertz CT molecular complexity index is 1720. The number of ether oxygens (including phenoxy) is 1. The summed E-state index contributed by atoms with van der Waals surface area (Å²) < 4.78 is 36.4. The van der Waals surface area contributed by atoms with Crippen molar-refractivity contribution in [2.75, 3.05) is 6.61 Å². The van der Waals surface area contributed by atoms with Crippen LogP contribution in [0.15, 0.2) is 94.7 Å². The van der Waals surface area contributed by atoms with Gasteiger partial charge in [-0.15, -0.1) is 0 Å². The van der Waals surface area contributed by atoms with Crippen LogP contribution in [0.25, 0.3) is 16.8 Å². The molecule has 4 aromatic carbocycles. The van der Waals surface area contributed by atoms with Crippen LogP contribution in [0.2, 0.25) is 5.02 Å². The van der Waals surface area contributed by atoms with Gasteiger partial charge >= 0.3 is 10.1 Å². The first kappa shape index (κ1) is 26.8. The average Bonchev–Trinajstić information content (AvgIpc) is 3.17. The number of hydrogen-bond donors (Lipinski definition) is 0. The molecule has 7 nitrogen and oxygen atoms in total. The van der Waals surface area contributed by atoms with Crippen molar-refractivity contribution < 1.29 is 26.9 Å². The van der Waals surface area contributed by atoms with Crippen molar-refractivity contribution >= 4 is 61.5 Å².